The Morgan fingerprint density at radius 3 is 2.57 bits per heavy atom. The van der Waals surface area contributed by atoms with Crippen LogP contribution in [0, 0.1) is 6.92 Å². The summed E-state index contributed by atoms with van der Waals surface area (Å²) in [6.45, 7) is 1.73. The second-order valence-electron chi connectivity index (χ2n) is 4.61. The molecule has 0 radical (unpaired) electrons. The molecule has 0 fully saturated rings. The highest BCUT2D eigenvalue weighted by Gasteiger charge is 2.19. The van der Waals surface area contributed by atoms with E-state index >= 15 is 0 Å². The third kappa shape index (κ3) is 3.20. The van der Waals surface area contributed by atoms with Gasteiger partial charge in [0, 0.05) is 25.0 Å². The van der Waals surface area contributed by atoms with E-state index in [0.717, 1.165) is 0 Å². The lowest BCUT2D eigenvalue weighted by Gasteiger charge is -2.12. The fourth-order valence-electron chi connectivity index (χ4n) is 1.74. The molecule has 3 N–H and O–H groups in total. The largest absolute Gasteiger partial charge is 0.398 e. The first-order chi connectivity index (χ1) is 9.70. The molecule has 2 rings (SSSR count). The average Bonchev–Trinajstić information content (AvgIpc) is 2.37. The maximum atomic E-state index is 12.3. The van der Waals surface area contributed by atoms with Gasteiger partial charge in [0.15, 0.2) is 0 Å². The van der Waals surface area contributed by atoms with Gasteiger partial charge in [-0.05, 0) is 30.7 Å². The van der Waals surface area contributed by atoms with E-state index in [1.165, 1.54) is 42.1 Å². The van der Waals surface area contributed by atoms with Crippen molar-refractivity contribution in [1.82, 2.24) is 4.57 Å². The minimum Gasteiger partial charge on any atom is -0.398 e. The zero-order valence-electron chi connectivity index (χ0n) is 11.4. The highest BCUT2D eigenvalue weighted by Crippen LogP contribution is 2.28. The molecular weight excluding hydrogens is 314 g/mol. The van der Waals surface area contributed by atoms with Gasteiger partial charge < -0.3 is 10.3 Å². The fraction of sp³-hybridized carbons (Fsp3) is 0.154. The van der Waals surface area contributed by atoms with Crippen molar-refractivity contribution in [2.75, 3.05) is 10.5 Å². The maximum absolute atomic E-state index is 12.3. The van der Waals surface area contributed by atoms with Crippen molar-refractivity contribution in [1.29, 1.82) is 0 Å². The Hall–Kier alpha value is -1.99. The molecule has 0 unspecified atom stereocenters. The maximum Gasteiger partial charge on any atom is 0.263 e. The van der Waals surface area contributed by atoms with Crippen molar-refractivity contribution in [3.05, 3.63) is 51.4 Å². The van der Waals surface area contributed by atoms with Crippen LogP contribution in [0.25, 0.3) is 0 Å². The van der Waals surface area contributed by atoms with E-state index in [2.05, 4.69) is 4.72 Å². The molecule has 8 heteroatoms. The lowest BCUT2D eigenvalue weighted by atomic mass is 10.2. The van der Waals surface area contributed by atoms with Crippen molar-refractivity contribution < 1.29 is 8.42 Å². The molecule has 6 nitrogen and oxygen atoms in total. The van der Waals surface area contributed by atoms with E-state index < -0.39 is 10.0 Å². The number of nitrogen functional groups attached to an aromatic ring is 1. The van der Waals surface area contributed by atoms with Gasteiger partial charge in [-0.25, -0.2) is 8.42 Å². The number of hydrogen-bond donors (Lipinski definition) is 2. The summed E-state index contributed by atoms with van der Waals surface area (Å²) in [5, 5.41) is 0.0824. The number of nitrogens with zero attached hydrogens (tertiary/aromatic N) is 1. The number of halogens is 1. The fourth-order valence-corrected chi connectivity index (χ4v) is 3.40. The van der Waals surface area contributed by atoms with E-state index in [4.69, 9.17) is 17.3 Å². The van der Waals surface area contributed by atoms with Gasteiger partial charge in [0.05, 0.1) is 10.7 Å². The van der Waals surface area contributed by atoms with Crippen molar-refractivity contribution in [2.24, 2.45) is 7.05 Å². The van der Waals surface area contributed by atoms with Gasteiger partial charge in [-0.1, -0.05) is 11.6 Å². The molecular formula is C13H14ClN3O3S. The normalized spacial score (nSPS) is 11.4. The molecule has 0 aliphatic rings. The Kier molecular flexibility index (Phi) is 3.97. The summed E-state index contributed by atoms with van der Waals surface area (Å²) in [6.07, 6.45) is 1.38. The molecule has 0 bridgehead atoms. The van der Waals surface area contributed by atoms with Crippen LogP contribution >= 0.6 is 11.6 Å². The molecule has 0 spiro atoms. The number of hydrogen-bond acceptors (Lipinski definition) is 4. The lowest BCUT2D eigenvalue weighted by Crippen LogP contribution is -2.18. The van der Waals surface area contributed by atoms with E-state index in [0.29, 0.717) is 11.3 Å². The predicted molar refractivity (Wildman–Crippen MR) is 83.1 cm³/mol. The Morgan fingerprint density at radius 2 is 1.95 bits per heavy atom. The monoisotopic (exact) mass is 327 g/mol. The summed E-state index contributed by atoms with van der Waals surface area (Å²) in [6, 6.07) is 5.45. The van der Waals surface area contributed by atoms with Gasteiger partial charge in [-0.15, -0.1) is 0 Å². The summed E-state index contributed by atoms with van der Waals surface area (Å²) in [5.41, 5.74) is 6.77. The second-order valence-corrected chi connectivity index (χ2v) is 6.67. The lowest BCUT2D eigenvalue weighted by molar-refractivity contribution is 0.601. The number of aromatic nitrogens is 1. The molecule has 1 heterocycles. The molecule has 0 aliphatic heterocycles. The van der Waals surface area contributed by atoms with E-state index in [1.807, 2.05) is 0 Å². The molecule has 0 amide bonds. The van der Waals surface area contributed by atoms with Crippen LogP contribution in [-0.4, -0.2) is 13.0 Å². The van der Waals surface area contributed by atoms with E-state index in [1.54, 1.807) is 6.92 Å². The molecule has 112 valence electrons. The van der Waals surface area contributed by atoms with Crippen molar-refractivity contribution in [3.8, 4) is 0 Å². The number of nitrogens with two attached hydrogens (primary N) is 1. The van der Waals surface area contributed by atoms with Gasteiger partial charge in [0.2, 0.25) is 5.56 Å². The summed E-state index contributed by atoms with van der Waals surface area (Å²) < 4.78 is 28.3. The van der Waals surface area contributed by atoms with Crippen LogP contribution in [0.1, 0.15) is 5.56 Å². The molecule has 0 saturated carbocycles. The number of nitrogens with one attached hydrogen (secondary N) is 1. The smallest absolute Gasteiger partial charge is 0.263 e. The van der Waals surface area contributed by atoms with Gasteiger partial charge >= 0.3 is 0 Å². The molecule has 0 atom stereocenters. The van der Waals surface area contributed by atoms with Crippen LogP contribution in [0.2, 0.25) is 5.02 Å². The Morgan fingerprint density at radius 1 is 1.29 bits per heavy atom. The van der Waals surface area contributed by atoms with E-state index in [9.17, 15) is 13.2 Å². The van der Waals surface area contributed by atoms with E-state index in [-0.39, 0.29) is 21.2 Å². The SMILES string of the molecule is Cc1cc(Cl)c(S(=O)(=O)Nc2ccc(=O)n(C)c2)cc1N. The van der Waals surface area contributed by atoms with Crippen LogP contribution in [0.15, 0.2) is 40.2 Å². The van der Waals surface area contributed by atoms with Gasteiger partial charge in [-0.2, -0.15) is 0 Å². The number of sulfonamides is 1. The topological polar surface area (TPSA) is 94.2 Å². The van der Waals surface area contributed by atoms with Gasteiger partial charge in [-0.3, -0.25) is 9.52 Å². The van der Waals surface area contributed by atoms with Gasteiger partial charge in [0.25, 0.3) is 10.0 Å². The highest BCUT2D eigenvalue weighted by molar-refractivity contribution is 7.92. The predicted octanol–water partition coefficient (Wildman–Crippen LogP) is 1.73. The summed E-state index contributed by atoms with van der Waals surface area (Å²) >= 11 is 5.98. The summed E-state index contributed by atoms with van der Waals surface area (Å²) in [5.74, 6) is 0. The average molecular weight is 328 g/mol. The van der Waals surface area contributed by atoms with Crippen molar-refractivity contribution in [3.63, 3.8) is 0 Å². The third-order valence-electron chi connectivity index (χ3n) is 2.95. The first-order valence-electron chi connectivity index (χ1n) is 5.96. The first kappa shape index (κ1) is 15.4. The number of pyridine rings is 1. The minimum atomic E-state index is -3.89. The van der Waals surface area contributed by atoms with Crippen LogP contribution in [0.3, 0.4) is 0 Å². The molecule has 0 saturated heterocycles. The molecule has 1 aromatic heterocycles. The van der Waals surface area contributed by atoms with Crippen LogP contribution in [0.5, 0.6) is 0 Å². The molecule has 21 heavy (non-hydrogen) atoms. The van der Waals surface area contributed by atoms with Crippen LogP contribution in [-0.2, 0) is 17.1 Å². The quantitative estimate of drug-likeness (QED) is 0.839. The zero-order chi connectivity index (χ0) is 15.8. The van der Waals surface area contributed by atoms with Crippen molar-refractivity contribution >= 4 is 33.0 Å². The number of aryl methyl sites for hydroxylation is 2. The van der Waals surface area contributed by atoms with Crippen LogP contribution < -0.4 is 16.0 Å². The van der Waals surface area contributed by atoms with Crippen molar-refractivity contribution in [2.45, 2.75) is 11.8 Å². The number of anilines is 2. The van der Waals surface area contributed by atoms with Crippen LogP contribution in [0.4, 0.5) is 11.4 Å². The Labute approximate surface area is 127 Å². The van der Waals surface area contributed by atoms with Gasteiger partial charge in [0.1, 0.15) is 4.90 Å². The Balaban J connectivity index is 2.45. The summed E-state index contributed by atoms with van der Waals surface area (Å²) in [4.78, 5) is 11.2. The number of rotatable bonds is 3. The first-order valence-corrected chi connectivity index (χ1v) is 7.82. The molecule has 0 aliphatic carbocycles. The molecule has 2 aromatic rings. The second kappa shape index (κ2) is 5.42. The summed E-state index contributed by atoms with van der Waals surface area (Å²) in [7, 11) is -2.37. The zero-order valence-corrected chi connectivity index (χ0v) is 13.0. The molecule has 1 aromatic carbocycles. The minimum absolute atomic E-state index is 0.0824. The number of benzene rings is 1. The third-order valence-corrected chi connectivity index (χ3v) is 4.79. The Bertz CT molecular complexity index is 859. The standard InChI is InChI=1S/C13H14ClN3O3S/c1-8-5-10(14)12(6-11(8)15)21(19,20)16-9-3-4-13(18)17(2)7-9/h3-7,16H,15H2,1-2H3. The highest BCUT2D eigenvalue weighted by atomic mass is 35.5.